The first-order valence-electron chi connectivity index (χ1n) is 7.72. The molecule has 1 aliphatic heterocycles. The molecule has 22 heavy (non-hydrogen) atoms. The number of hydrogen-bond donors (Lipinski definition) is 2. The number of aromatic nitrogens is 2. The molecular formula is C16H22N4OS. The Balaban J connectivity index is 1.62. The molecule has 0 atom stereocenters. The zero-order chi connectivity index (χ0) is 15.4. The summed E-state index contributed by atoms with van der Waals surface area (Å²) >= 11 is 1.40. The zero-order valence-corrected chi connectivity index (χ0v) is 13.6. The predicted octanol–water partition coefficient (Wildman–Crippen LogP) is 2.42. The van der Waals surface area contributed by atoms with Crippen LogP contribution < -0.4 is 5.32 Å². The SMILES string of the molecule is Cc1nsc(NCc2ccccc2CN2CCC(O)CC2)n1. The van der Waals surface area contributed by atoms with Crippen LogP contribution in [0.5, 0.6) is 0 Å². The maximum atomic E-state index is 9.61. The van der Waals surface area contributed by atoms with Crippen molar-refractivity contribution in [1.82, 2.24) is 14.3 Å². The van der Waals surface area contributed by atoms with Crippen molar-refractivity contribution < 1.29 is 5.11 Å². The Morgan fingerprint density at radius 3 is 2.68 bits per heavy atom. The van der Waals surface area contributed by atoms with Gasteiger partial charge in [-0.1, -0.05) is 24.3 Å². The van der Waals surface area contributed by atoms with E-state index in [4.69, 9.17) is 0 Å². The Labute approximate surface area is 135 Å². The molecule has 2 N–H and O–H groups in total. The van der Waals surface area contributed by atoms with Crippen LogP contribution in [0.3, 0.4) is 0 Å². The van der Waals surface area contributed by atoms with E-state index in [9.17, 15) is 5.11 Å². The number of aliphatic hydroxyl groups excluding tert-OH is 1. The highest BCUT2D eigenvalue weighted by Crippen LogP contribution is 2.18. The summed E-state index contributed by atoms with van der Waals surface area (Å²) in [6.07, 6.45) is 1.64. The van der Waals surface area contributed by atoms with Crippen molar-refractivity contribution in [3.8, 4) is 0 Å². The number of aryl methyl sites for hydroxylation is 1. The molecule has 1 aromatic carbocycles. The number of nitrogens with zero attached hydrogens (tertiary/aromatic N) is 3. The lowest BCUT2D eigenvalue weighted by Crippen LogP contribution is -2.35. The van der Waals surface area contributed by atoms with Gasteiger partial charge in [-0.05, 0) is 30.9 Å². The van der Waals surface area contributed by atoms with Gasteiger partial charge in [0, 0.05) is 37.7 Å². The van der Waals surface area contributed by atoms with Crippen LogP contribution in [0, 0.1) is 6.92 Å². The number of anilines is 1. The monoisotopic (exact) mass is 318 g/mol. The average Bonchev–Trinajstić information content (AvgIpc) is 2.94. The minimum Gasteiger partial charge on any atom is -0.393 e. The van der Waals surface area contributed by atoms with E-state index in [2.05, 4.69) is 43.8 Å². The van der Waals surface area contributed by atoms with E-state index in [1.165, 1.54) is 22.7 Å². The van der Waals surface area contributed by atoms with Gasteiger partial charge in [-0.3, -0.25) is 4.90 Å². The van der Waals surface area contributed by atoms with Crippen molar-refractivity contribution in [1.29, 1.82) is 0 Å². The number of nitrogens with one attached hydrogen (secondary N) is 1. The number of likely N-dealkylation sites (tertiary alicyclic amines) is 1. The first-order chi connectivity index (χ1) is 10.7. The fourth-order valence-electron chi connectivity index (χ4n) is 2.74. The lowest BCUT2D eigenvalue weighted by molar-refractivity contribution is 0.0791. The van der Waals surface area contributed by atoms with Gasteiger partial charge < -0.3 is 10.4 Å². The molecule has 1 saturated heterocycles. The van der Waals surface area contributed by atoms with Gasteiger partial charge in [0.05, 0.1) is 6.10 Å². The number of hydrogen-bond acceptors (Lipinski definition) is 6. The quantitative estimate of drug-likeness (QED) is 0.886. The molecular weight excluding hydrogens is 296 g/mol. The van der Waals surface area contributed by atoms with E-state index in [1.54, 1.807) is 0 Å². The molecule has 0 spiro atoms. The summed E-state index contributed by atoms with van der Waals surface area (Å²) in [7, 11) is 0. The van der Waals surface area contributed by atoms with Gasteiger partial charge in [0.25, 0.3) is 0 Å². The maximum Gasteiger partial charge on any atom is 0.202 e. The Bertz CT molecular complexity index is 608. The van der Waals surface area contributed by atoms with Crippen LogP contribution in [0.2, 0.25) is 0 Å². The predicted molar refractivity (Wildman–Crippen MR) is 88.9 cm³/mol. The number of piperidine rings is 1. The Kier molecular flexibility index (Phi) is 5.02. The van der Waals surface area contributed by atoms with Crippen LogP contribution in [-0.2, 0) is 13.1 Å². The lowest BCUT2D eigenvalue weighted by atomic mass is 10.0. The van der Waals surface area contributed by atoms with E-state index in [0.717, 1.165) is 50.0 Å². The van der Waals surface area contributed by atoms with Crippen LogP contribution in [0.25, 0.3) is 0 Å². The molecule has 1 aromatic heterocycles. The summed E-state index contributed by atoms with van der Waals surface area (Å²) in [6.45, 7) is 5.55. The summed E-state index contributed by atoms with van der Waals surface area (Å²) in [6, 6.07) is 8.51. The second-order valence-electron chi connectivity index (χ2n) is 5.78. The lowest BCUT2D eigenvalue weighted by Gasteiger charge is -2.30. The van der Waals surface area contributed by atoms with Crippen molar-refractivity contribution in [2.24, 2.45) is 0 Å². The van der Waals surface area contributed by atoms with Gasteiger partial charge in [-0.2, -0.15) is 4.37 Å². The first kappa shape index (κ1) is 15.4. The van der Waals surface area contributed by atoms with Gasteiger partial charge in [0.15, 0.2) is 0 Å². The highest BCUT2D eigenvalue weighted by Gasteiger charge is 2.17. The van der Waals surface area contributed by atoms with Crippen molar-refractivity contribution in [3.05, 3.63) is 41.2 Å². The van der Waals surface area contributed by atoms with Crippen molar-refractivity contribution >= 4 is 16.7 Å². The molecule has 0 saturated carbocycles. The number of benzene rings is 1. The van der Waals surface area contributed by atoms with Crippen molar-refractivity contribution in [3.63, 3.8) is 0 Å². The zero-order valence-electron chi connectivity index (χ0n) is 12.8. The van der Waals surface area contributed by atoms with Crippen LogP contribution >= 0.6 is 11.5 Å². The molecule has 1 aliphatic rings. The van der Waals surface area contributed by atoms with Gasteiger partial charge in [0.1, 0.15) is 5.82 Å². The summed E-state index contributed by atoms with van der Waals surface area (Å²) in [5.74, 6) is 0.813. The normalized spacial score (nSPS) is 16.8. The highest BCUT2D eigenvalue weighted by molar-refractivity contribution is 7.09. The van der Waals surface area contributed by atoms with E-state index in [-0.39, 0.29) is 6.10 Å². The van der Waals surface area contributed by atoms with E-state index in [1.807, 2.05) is 6.92 Å². The molecule has 0 bridgehead atoms. The van der Waals surface area contributed by atoms with E-state index in [0.29, 0.717) is 0 Å². The standard InChI is InChI=1S/C16H22N4OS/c1-12-18-16(22-19-12)17-10-13-4-2-3-5-14(13)11-20-8-6-15(21)7-9-20/h2-5,15,21H,6-11H2,1H3,(H,17,18,19). The fraction of sp³-hybridized carbons (Fsp3) is 0.500. The molecule has 0 unspecified atom stereocenters. The molecule has 1 fully saturated rings. The van der Waals surface area contributed by atoms with Crippen LogP contribution in [0.15, 0.2) is 24.3 Å². The van der Waals surface area contributed by atoms with E-state index >= 15 is 0 Å². The maximum absolute atomic E-state index is 9.61. The average molecular weight is 318 g/mol. The second kappa shape index (κ2) is 7.17. The third-order valence-electron chi connectivity index (χ3n) is 4.03. The number of aliphatic hydroxyl groups is 1. The summed E-state index contributed by atoms with van der Waals surface area (Å²) < 4.78 is 4.19. The Morgan fingerprint density at radius 1 is 1.27 bits per heavy atom. The largest absolute Gasteiger partial charge is 0.393 e. The highest BCUT2D eigenvalue weighted by atomic mass is 32.1. The smallest absolute Gasteiger partial charge is 0.202 e. The molecule has 2 heterocycles. The molecule has 0 amide bonds. The summed E-state index contributed by atoms with van der Waals surface area (Å²) in [5, 5.41) is 13.8. The summed E-state index contributed by atoms with van der Waals surface area (Å²) in [5.41, 5.74) is 2.63. The molecule has 0 radical (unpaired) electrons. The molecule has 118 valence electrons. The molecule has 6 heteroatoms. The Morgan fingerprint density at radius 2 is 2.00 bits per heavy atom. The molecule has 5 nitrogen and oxygen atoms in total. The minimum absolute atomic E-state index is 0.117. The van der Waals surface area contributed by atoms with Gasteiger partial charge in [-0.25, -0.2) is 4.98 Å². The Hall–Kier alpha value is -1.50. The first-order valence-corrected chi connectivity index (χ1v) is 8.49. The summed E-state index contributed by atoms with van der Waals surface area (Å²) in [4.78, 5) is 6.75. The topological polar surface area (TPSA) is 61.3 Å². The minimum atomic E-state index is -0.117. The molecule has 0 aliphatic carbocycles. The van der Waals surface area contributed by atoms with Gasteiger partial charge in [-0.15, -0.1) is 0 Å². The van der Waals surface area contributed by atoms with E-state index < -0.39 is 0 Å². The number of rotatable bonds is 5. The van der Waals surface area contributed by atoms with Gasteiger partial charge in [0.2, 0.25) is 5.13 Å². The van der Waals surface area contributed by atoms with Crippen molar-refractivity contribution in [2.75, 3.05) is 18.4 Å². The van der Waals surface area contributed by atoms with Crippen molar-refractivity contribution in [2.45, 2.75) is 39.0 Å². The van der Waals surface area contributed by atoms with Gasteiger partial charge >= 0.3 is 0 Å². The van der Waals surface area contributed by atoms with Crippen LogP contribution in [-0.4, -0.2) is 38.6 Å². The second-order valence-corrected chi connectivity index (χ2v) is 6.53. The van der Waals surface area contributed by atoms with Crippen LogP contribution in [0.1, 0.15) is 29.8 Å². The molecule has 2 aromatic rings. The molecule has 3 rings (SSSR count). The van der Waals surface area contributed by atoms with Crippen LogP contribution in [0.4, 0.5) is 5.13 Å². The fourth-order valence-corrected chi connectivity index (χ4v) is 3.31. The third-order valence-corrected chi connectivity index (χ3v) is 4.79. The third kappa shape index (κ3) is 4.03.